The third-order valence-corrected chi connectivity index (χ3v) is 4.85. The minimum atomic E-state index is -1.20. The highest BCUT2D eigenvalue weighted by Crippen LogP contribution is 2.50. The maximum Gasteiger partial charge on any atom is 0.335 e. The van der Waals surface area contributed by atoms with Crippen molar-refractivity contribution in [1.29, 1.82) is 0 Å². The first-order chi connectivity index (χ1) is 12.6. The van der Waals surface area contributed by atoms with Gasteiger partial charge < -0.3 is 4.74 Å². The van der Waals surface area contributed by atoms with Crippen LogP contribution in [-0.4, -0.2) is 18.9 Å². The number of hydrogen-bond acceptors (Lipinski definition) is 3. The smallest absolute Gasteiger partial charge is 0.335 e. The van der Waals surface area contributed by atoms with E-state index in [2.05, 4.69) is 11.8 Å². The minimum absolute atomic E-state index is 0.149. The number of esters is 1. The van der Waals surface area contributed by atoms with Gasteiger partial charge >= 0.3 is 5.97 Å². The fourth-order valence-electron chi connectivity index (χ4n) is 3.56. The third-order valence-electron chi connectivity index (χ3n) is 4.85. The molecule has 0 fully saturated rings. The van der Waals surface area contributed by atoms with Gasteiger partial charge in [-0.05, 0) is 31.0 Å². The Balaban J connectivity index is 2.17. The number of carbonyl (C=O) groups is 2. The molecular formula is C23H20O3. The summed E-state index contributed by atoms with van der Waals surface area (Å²) in [6, 6.07) is 19.2. The molecule has 0 unspecified atom stereocenters. The van der Waals surface area contributed by atoms with Gasteiger partial charge in [0, 0.05) is 11.5 Å². The molecule has 2 atom stereocenters. The molecule has 1 aliphatic carbocycles. The minimum Gasteiger partial charge on any atom is -0.466 e. The molecule has 3 nitrogen and oxygen atoms in total. The Labute approximate surface area is 153 Å². The maximum atomic E-state index is 12.9. The molecule has 0 amide bonds. The lowest BCUT2D eigenvalue weighted by Gasteiger charge is -2.30. The quantitative estimate of drug-likeness (QED) is 0.626. The molecule has 26 heavy (non-hydrogen) atoms. The zero-order chi connectivity index (χ0) is 18.6. The van der Waals surface area contributed by atoms with Gasteiger partial charge in [0.2, 0.25) is 0 Å². The highest BCUT2D eigenvalue weighted by atomic mass is 16.5. The van der Waals surface area contributed by atoms with Crippen molar-refractivity contribution in [2.24, 2.45) is 5.41 Å². The van der Waals surface area contributed by atoms with Crippen LogP contribution in [-0.2, 0) is 14.3 Å². The van der Waals surface area contributed by atoms with Gasteiger partial charge in [-0.1, -0.05) is 66.4 Å². The van der Waals surface area contributed by atoms with Gasteiger partial charge in [0.15, 0.2) is 5.78 Å². The molecule has 3 heteroatoms. The van der Waals surface area contributed by atoms with Crippen LogP contribution in [0.5, 0.6) is 0 Å². The summed E-state index contributed by atoms with van der Waals surface area (Å²) >= 11 is 0. The average Bonchev–Trinajstić information content (AvgIpc) is 3.08. The van der Waals surface area contributed by atoms with E-state index < -0.39 is 11.4 Å². The Morgan fingerprint density at radius 1 is 1.04 bits per heavy atom. The predicted molar refractivity (Wildman–Crippen MR) is 100 cm³/mol. The van der Waals surface area contributed by atoms with Crippen LogP contribution >= 0.6 is 0 Å². The molecule has 0 bridgehead atoms. The molecular weight excluding hydrogens is 324 g/mol. The van der Waals surface area contributed by atoms with Crippen LogP contribution in [0.2, 0.25) is 0 Å². The van der Waals surface area contributed by atoms with Crippen molar-refractivity contribution >= 4 is 11.8 Å². The standard InChI is InChI=1S/C23H20O3/c1-17(24)23(16-15-18-9-5-3-6-10-18)20(19-11-7-4-8-12-19)13-14-21(23)22(25)26-2/h3-12,14,20H,13H2,1-2H3/t20-,23-/m0/s1. The fraction of sp³-hybridized carbons (Fsp3) is 0.217. The van der Waals surface area contributed by atoms with Gasteiger partial charge in [0.1, 0.15) is 5.41 Å². The van der Waals surface area contributed by atoms with Crippen molar-refractivity contribution in [2.75, 3.05) is 7.11 Å². The summed E-state index contributed by atoms with van der Waals surface area (Å²) in [5, 5.41) is 0. The molecule has 2 aromatic rings. The monoisotopic (exact) mass is 344 g/mol. The summed E-state index contributed by atoms with van der Waals surface area (Å²) in [6.45, 7) is 1.50. The van der Waals surface area contributed by atoms with E-state index >= 15 is 0 Å². The van der Waals surface area contributed by atoms with E-state index in [0.717, 1.165) is 11.1 Å². The Morgan fingerprint density at radius 3 is 2.23 bits per heavy atom. The molecule has 3 rings (SSSR count). The van der Waals surface area contributed by atoms with Gasteiger partial charge in [-0.15, -0.1) is 0 Å². The highest BCUT2D eigenvalue weighted by molar-refractivity contribution is 6.04. The number of carbonyl (C=O) groups excluding carboxylic acids is 2. The second-order valence-corrected chi connectivity index (χ2v) is 6.29. The lowest BCUT2D eigenvalue weighted by atomic mass is 9.68. The first-order valence-electron chi connectivity index (χ1n) is 8.52. The zero-order valence-corrected chi connectivity index (χ0v) is 14.9. The van der Waals surface area contributed by atoms with Gasteiger partial charge in [-0.2, -0.15) is 0 Å². The number of allylic oxidation sites excluding steroid dienone is 1. The number of ketones is 1. The van der Waals surface area contributed by atoms with Crippen molar-refractivity contribution < 1.29 is 14.3 Å². The zero-order valence-electron chi connectivity index (χ0n) is 14.9. The van der Waals surface area contributed by atoms with E-state index in [0.29, 0.717) is 12.0 Å². The second kappa shape index (κ2) is 7.41. The third kappa shape index (κ3) is 3.07. The Bertz CT molecular complexity index is 901. The highest BCUT2D eigenvalue weighted by Gasteiger charge is 2.52. The topological polar surface area (TPSA) is 43.4 Å². The van der Waals surface area contributed by atoms with E-state index in [9.17, 15) is 9.59 Å². The summed E-state index contributed by atoms with van der Waals surface area (Å²) in [6.07, 6.45) is 2.36. The lowest BCUT2D eigenvalue weighted by Crippen LogP contribution is -2.36. The van der Waals surface area contributed by atoms with Crippen molar-refractivity contribution in [3.63, 3.8) is 0 Å². The van der Waals surface area contributed by atoms with Crippen LogP contribution < -0.4 is 0 Å². The fourth-order valence-corrected chi connectivity index (χ4v) is 3.56. The lowest BCUT2D eigenvalue weighted by molar-refractivity contribution is -0.139. The van der Waals surface area contributed by atoms with E-state index in [1.54, 1.807) is 6.08 Å². The van der Waals surface area contributed by atoms with E-state index in [-0.39, 0.29) is 11.7 Å². The summed E-state index contributed by atoms with van der Waals surface area (Å²) < 4.78 is 4.95. The first-order valence-corrected chi connectivity index (χ1v) is 8.52. The number of rotatable bonds is 3. The van der Waals surface area contributed by atoms with E-state index in [1.807, 2.05) is 60.7 Å². The number of hydrogen-bond donors (Lipinski definition) is 0. The molecule has 0 radical (unpaired) electrons. The van der Waals surface area contributed by atoms with Crippen molar-refractivity contribution in [3.8, 4) is 11.8 Å². The number of Topliss-reactive ketones (excluding diaryl/α,β-unsaturated/α-hetero) is 1. The maximum absolute atomic E-state index is 12.9. The normalized spacial score (nSPS) is 21.3. The first kappa shape index (κ1) is 17.7. The average molecular weight is 344 g/mol. The largest absolute Gasteiger partial charge is 0.466 e. The second-order valence-electron chi connectivity index (χ2n) is 6.29. The molecule has 2 aromatic carbocycles. The summed E-state index contributed by atoms with van der Waals surface area (Å²) in [4.78, 5) is 25.3. The Kier molecular flexibility index (Phi) is 5.04. The summed E-state index contributed by atoms with van der Waals surface area (Å²) in [7, 11) is 1.33. The molecule has 130 valence electrons. The van der Waals surface area contributed by atoms with E-state index in [1.165, 1.54) is 14.0 Å². The van der Waals surface area contributed by atoms with Crippen molar-refractivity contribution in [3.05, 3.63) is 83.4 Å². The van der Waals surface area contributed by atoms with Crippen LogP contribution in [0.25, 0.3) is 0 Å². The van der Waals surface area contributed by atoms with Crippen molar-refractivity contribution in [1.82, 2.24) is 0 Å². The molecule has 0 heterocycles. The summed E-state index contributed by atoms with van der Waals surface area (Å²) in [5.41, 5.74) is 0.922. The SMILES string of the molecule is COC(=O)C1=CC[C@@H](c2ccccc2)[C@]1(C#Cc1ccccc1)C(C)=O. The molecule has 0 spiro atoms. The van der Waals surface area contributed by atoms with Crippen LogP contribution in [0.4, 0.5) is 0 Å². The molecule has 0 aromatic heterocycles. The van der Waals surface area contributed by atoms with Crippen LogP contribution in [0.15, 0.2) is 72.3 Å². The van der Waals surface area contributed by atoms with Crippen LogP contribution in [0, 0.1) is 17.3 Å². The number of methoxy groups -OCH3 is 1. The Hall–Kier alpha value is -3.12. The Morgan fingerprint density at radius 2 is 1.65 bits per heavy atom. The molecule has 0 saturated heterocycles. The molecule has 0 N–H and O–H groups in total. The van der Waals surface area contributed by atoms with Gasteiger partial charge in [-0.25, -0.2) is 4.79 Å². The van der Waals surface area contributed by atoms with Crippen LogP contribution in [0.1, 0.15) is 30.4 Å². The number of ether oxygens (including phenoxy) is 1. The van der Waals surface area contributed by atoms with E-state index in [4.69, 9.17) is 4.74 Å². The van der Waals surface area contributed by atoms with Gasteiger partial charge in [0.05, 0.1) is 12.7 Å². The van der Waals surface area contributed by atoms with Crippen molar-refractivity contribution in [2.45, 2.75) is 19.3 Å². The number of benzene rings is 2. The summed E-state index contributed by atoms with van der Waals surface area (Å²) in [5.74, 6) is 5.39. The van der Waals surface area contributed by atoms with Crippen LogP contribution in [0.3, 0.4) is 0 Å². The predicted octanol–water partition coefficient (Wildman–Crippen LogP) is 3.90. The molecule has 0 saturated carbocycles. The van der Waals surface area contributed by atoms with Gasteiger partial charge in [-0.3, -0.25) is 4.79 Å². The molecule has 1 aliphatic rings. The molecule has 0 aliphatic heterocycles. The van der Waals surface area contributed by atoms with Gasteiger partial charge in [0.25, 0.3) is 0 Å².